The van der Waals surface area contributed by atoms with E-state index in [0.29, 0.717) is 0 Å². The lowest BCUT2D eigenvalue weighted by atomic mass is 10.2. The number of rotatable bonds is 6. The number of para-hydroxylation sites is 1. The number of carbonyl (C=O) groups excluding carboxylic acids is 2. The Balaban J connectivity index is 1.19. The minimum atomic E-state index is -0.448. The Morgan fingerprint density at radius 2 is 1.96 bits per heavy atom. The molecule has 2 aliphatic rings. The molecule has 1 atom stereocenters. The number of hydrogen-bond acceptors (Lipinski definition) is 7. The molecule has 1 amide bonds. The molecule has 3 heterocycles. The van der Waals surface area contributed by atoms with E-state index in [-0.39, 0.29) is 10.5 Å². The fraction of sp³-hybridized carbons (Fsp3) is 0.500. The van der Waals surface area contributed by atoms with Crippen LogP contribution >= 0.6 is 11.8 Å². The molecule has 0 bridgehead atoms. The Kier molecular flexibility index (Phi) is 5.12. The third-order valence-corrected chi connectivity index (χ3v) is 5.99. The standard InChI is InChI=1S/C18H22N4O3S/c23-17-18(24)26-15(19-17)7-3-4-8-21-9-11-22(12-10-21)16-13-5-1-2-6-14(13)25-20-16/h1-2,5-6,15H,3-4,7-12H2,(H,19,23). The summed E-state index contributed by atoms with van der Waals surface area (Å²) in [6.07, 6.45) is 2.94. The van der Waals surface area contributed by atoms with Gasteiger partial charge in [-0.3, -0.25) is 14.5 Å². The fourth-order valence-electron chi connectivity index (χ4n) is 3.50. The van der Waals surface area contributed by atoms with Crippen molar-refractivity contribution in [3.8, 4) is 0 Å². The van der Waals surface area contributed by atoms with Crippen LogP contribution in [-0.2, 0) is 9.59 Å². The maximum atomic E-state index is 11.2. The molecule has 1 unspecified atom stereocenters. The van der Waals surface area contributed by atoms with Gasteiger partial charge in [-0.15, -0.1) is 0 Å². The van der Waals surface area contributed by atoms with Crippen molar-refractivity contribution in [2.75, 3.05) is 37.6 Å². The van der Waals surface area contributed by atoms with Gasteiger partial charge in [-0.05, 0) is 37.9 Å². The third-order valence-electron chi connectivity index (χ3n) is 4.95. The molecular formula is C18H22N4O3S. The highest BCUT2D eigenvalue weighted by molar-refractivity contribution is 8.16. The van der Waals surface area contributed by atoms with E-state index in [1.165, 1.54) is 0 Å². The number of fused-ring (bicyclic) bond motifs is 1. The highest BCUT2D eigenvalue weighted by atomic mass is 32.2. The second-order valence-electron chi connectivity index (χ2n) is 6.69. The minimum absolute atomic E-state index is 0.0349. The maximum Gasteiger partial charge on any atom is 0.299 e. The maximum absolute atomic E-state index is 11.2. The van der Waals surface area contributed by atoms with E-state index in [9.17, 15) is 9.59 Å². The van der Waals surface area contributed by atoms with Crippen LogP contribution in [0.5, 0.6) is 0 Å². The predicted octanol–water partition coefficient (Wildman–Crippen LogP) is 1.84. The van der Waals surface area contributed by atoms with Gasteiger partial charge in [-0.1, -0.05) is 29.1 Å². The molecule has 7 nitrogen and oxygen atoms in total. The van der Waals surface area contributed by atoms with Crippen LogP contribution in [0, 0.1) is 0 Å². The zero-order valence-electron chi connectivity index (χ0n) is 14.5. The van der Waals surface area contributed by atoms with Crippen molar-refractivity contribution in [3.63, 3.8) is 0 Å². The molecule has 1 aromatic heterocycles. The molecule has 2 aromatic rings. The number of carbonyl (C=O) groups is 2. The second kappa shape index (κ2) is 7.67. The number of amides is 1. The topological polar surface area (TPSA) is 78.7 Å². The lowest BCUT2D eigenvalue weighted by Gasteiger charge is -2.34. The monoisotopic (exact) mass is 374 g/mol. The van der Waals surface area contributed by atoms with Gasteiger partial charge in [-0.25, -0.2) is 0 Å². The number of benzene rings is 1. The Bertz CT molecular complexity index is 785. The molecule has 26 heavy (non-hydrogen) atoms. The molecule has 1 N–H and O–H groups in total. The SMILES string of the molecule is O=C1NC(CCCCN2CCN(c3noc4ccccc34)CC2)SC1=O. The van der Waals surface area contributed by atoms with Crippen LogP contribution in [0.3, 0.4) is 0 Å². The van der Waals surface area contributed by atoms with Crippen molar-refractivity contribution in [3.05, 3.63) is 24.3 Å². The number of unbranched alkanes of at least 4 members (excludes halogenated alkanes) is 1. The number of aromatic nitrogens is 1. The van der Waals surface area contributed by atoms with Crippen LogP contribution in [0.1, 0.15) is 19.3 Å². The summed E-state index contributed by atoms with van der Waals surface area (Å²) in [7, 11) is 0. The van der Waals surface area contributed by atoms with Crippen LogP contribution in [0.25, 0.3) is 11.0 Å². The van der Waals surface area contributed by atoms with Gasteiger partial charge in [0, 0.05) is 26.2 Å². The first-order valence-electron chi connectivity index (χ1n) is 9.04. The highest BCUT2D eigenvalue weighted by Gasteiger charge is 2.30. The second-order valence-corrected chi connectivity index (χ2v) is 7.87. The van der Waals surface area contributed by atoms with Crippen molar-refractivity contribution >= 4 is 39.6 Å². The summed E-state index contributed by atoms with van der Waals surface area (Å²) in [5.41, 5.74) is 0.834. The number of hydrogen-bond donors (Lipinski definition) is 1. The first-order chi connectivity index (χ1) is 12.7. The summed E-state index contributed by atoms with van der Waals surface area (Å²) in [6, 6.07) is 7.97. The van der Waals surface area contributed by atoms with Gasteiger partial charge in [0.25, 0.3) is 11.0 Å². The van der Waals surface area contributed by atoms with Gasteiger partial charge < -0.3 is 14.7 Å². The van der Waals surface area contributed by atoms with Gasteiger partial charge >= 0.3 is 0 Å². The van der Waals surface area contributed by atoms with Crippen molar-refractivity contribution in [1.29, 1.82) is 0 Å². The average molecular weight is 374 g/mol. The summed E-state index contributed by atoms with van der Waals surface area (Å²) < 4.78 is 5.41. The Morgan fingerprint density at radius 1 is 1.15 bits per heavy atom. The van der Waals surface area contributed by atoms with Crippen LogP contribution in [0.2, 0.25) is 0 Å². The number of piperazine rings is 1. The van der Waals surface area contributed by atoms with E-state index >= 15 is 0 Å². The molecule has 4 rings (SSSR count). The molecule has 2 aliphatic heterocycles. The molecule has 0 aliphatic carbocycles. The first kappa shape index (κ1) is 17.4. The zero-order valence-corrected chi connectivity index (χ0v) is 15.3. The molecule has 0 radical (unpaired) electrons. The van der Waals surface area contributed by atoms with E-state index in [4.69, 9.17) is 4.52 Å². The Hall–Kier alpha value is -2.06. The Labute approximate surface area is 156 Å². The van der Waals surface area contributed by atoms with Gasteiger partial charge in [-0.2, -0.15) is 0 Å². The van der Waals surface area contributed by atoms with Gasteiger partial charge in [0.05, 0.1) is 10.8 Å². The summed E-state index contributed by atoms with van der Waals surface area (Å²) >= 11 is 1.12. The van der Waals surface area contributed by atoms with Crippen molar-refractivity contribution in [1.82, 2.24) is 15.4 Å². The highest BCUT2D eigenvalue weighted by Crippen LogP contribution is 2.26. The molecule has 8 heteroatoms. The number of nitrogens with one attached hydrogen (secondary N) is 1. The quantitative estimate of drug-likeness (QED) is 0.610. The minimum Gasteiger partial charge on any atom is -0.354 e. The van der Waals surface area contributed by atoms with E-state index < -0.39 is 5.91 Å². The van der Waals surface area contributed by atoms with Crippen LogP contribution in [0.4, 0.5) is 5.82 Å². The molecule has 138 valence electrons. The summed E-state index contributed by atoms with van der Waals surface area (Å²) in [5.74, 6) is 0.496. The van der Waals surface area contributed by atoms with E-state index in [1.807, 2.05) is 18.2 Å². The van der Waals surface area contributed by atoms with Crippen LogP contribution < -0.4 is 10.2 Å². The molecule has 0 spiro atoms. The third kappa shape index (κ3) is 3.71. The summed E-state index contributed by atoms with van der Waals surface area (Å²) in [6.45, 7) is 4.95. The number of anilines is 1. The first-order valence-corrected chi connectivity index (χ1v) is 9.92. The smallest absolute Gasteiger partial charge is 0.299 e. The average Bonchev–Trinajstić information content (AvgIpc) is 3.23. The molecule has 1 aromatic carbocycles. The predicted molar refractivity (Wildman–Crippen MR) is 101 cm³/mol. The number of thioether (sulfide) groups is 1. The summed E-state index contributed by atoms with van der Waals surface area (Å²) in [5, 5.41) is 7.65. The van der Waals surface area contributed by atoms with Gasteiger partial charge in [0.2, 0.25) is 0 Å². The van der Waals surface area contributed by atoms with Crippen molar-refractivity contribution in [2.24, 2.45) is 0 Å². The lowest BCUT2D eigenvalue weighted by Crippen LogP contribution is -2.46. The van der Waals surface area contributed by atoms with E-state index in [2.05, 4.69) is 26.3 Å². The van der Waals surface area contributed by atoms with Crippen LogP contribution in [-0.4, -0.2) is 59.2 Å². The fourth-order valence-corrected chi connectivity index (χ4v) is 4.37. The summed E-state index contributed by atoms with van der Waals surface area (Å²) in [4.78, 5) is 27.1. The van der Waals surface area contributed by atoms with Crippen molar-refractivity contribution < 1.29 is 14.1 Å². The van der Waals surface area contributed by atoms with E-state index in [0.717, 1.165) is 80.5 Å². The normalized spacial score (nSPS) is 21.5. The largest absolute Gasteiger partial charge is 0.354 e. The van der Waals surface area contributed by atoms with Crippen LogP contribution in [0.15, 0.2) is 28.8 Å². The van der Waals surface area contributed by atoms with Gasteiger partial charge in [0.1, 0.15) is 0 Å². The van der Waals surface area contributed by atoms with E-state index in [1.54, 1.807) is 0 Å². The number of nitrogens with zero attached hydrogens (tertiary/aromatic N) is 3. The van der Waals surface area contributed by atoms with Gasteiger partial charge in [0.15, 0.2) is 11.4 Å². The molecule has 0 saturated carbocycles. The zero-order chi connectivity index (χ0) is 17.9. The lowest BCUT2D eigenvalue weighted by molar-refractivity contribution is -0.132. The Morgan fingerprint density at radius 3 is 2.73 bits per heavy atom. The van der Waals surface area contributed by atoms with Crippen molar-refractivity contribution in [2.45, 2.75) is 24.6 Å². The molecular weight excluding hydrogens is 352 g/mol. The molecule has 2 saturated heterocycles. The molecule has 2 fully saturated rings.